The van der Waals surface area contributed by atoms with E-state index in [1.54, 1.807) is 6.07 Å². The quantitative estimate of drug-likeness (QED) is 0.846. The van der Waals surface area contributed by atoms with Gasteiger partial charge in [-0.05, 0) is 24.8 Å². The summed E-state index contributed by atoms with van der Waals surface area (Å²) in [4.78, 5) is 2.35. The molecular formula is C16H27Cl2FN2O. The molecule has 0 saturated carbocycles. The van der Waals surface area contributed by atoms with Gasteiger partial charge in [0.05, 0.1) is 0 Å². The Morgan fingerprint density at radius 3 is 2.41 bits per heavy atom. The number of hydrogen-bond acceptors (Lipinski definition) is 3. The van der Waals surface area contributed by atoms with E-state index in [0.717, 1.165) is 44.6 Å². The zero-order valence-electron chi connectivity index (χ0n) is 13.2. The molecular weight excluding hydrogens is 326 g/mol. The van der Waals surface area contributed by atoms with Crippen molar-refractivity contribution in [3.8, 4) is 5.75 Å². The van der Waals surface area contributed by atoms with Gasteiger partial charge in [0.15, 0.2) is 11.6 Å². The fourth-order valence-corrected chi connectivity index (χ4v) is 2.82. The number of piperazine rings is 1. The number of rotatable bonds is 5. The Balaban J connectivity index is 0.00000220. The Morgan fingerprint density at radius 1 is 1.18 bits per heavy atom. The van der Waals surface area contributed by atoms with Crippen molar-refractivity contribution < 1.29 is 9.50 Å². The third-order valence-electron chi connectivity index (χ3n) is 3.99. The van der Waals surface area contributed by atoms with E-state index in [-0.39, 0.29) is 36.6 Å². The third-order valence-corrected chi connectivity index (χ3v) is 3.99. The molecule has 0 spiro atoms. The molecule has 2 N–H and O–H groups in total. The highest BCUT2D eigenvalue weighted by molar-refractivity contribution is 5.85. The second-order valence-corrected chi connectivity index (χ2v) is 5.95. The lowest BCUT2D eigenvalue weighted by Gasteiger charge is -2.36. The lowest BCUT2D eigenvalue weighted by Crippen LogP contribution is -2.45. The molecule has 1 aromatic carbocycles. The van der Waals surface area contributed by atoms with Crippen molar-refractivity contribution in [2.75, 3.05) is 26.2 Å². The smallest absolute Gasteiger partial charge is 0.165 e. The maximum Gasteiger partial charge on any atom is 0.165 e. The van der Waals surface area contributed by atoms with Crippen LogP contribution in [0.25, 0.3) is 0 Å². The summed E-state index contributed by atoms with van der Waals surface area (Å²) in [5.74, 6) is -0.0944. The average Bonchev–Trinajstić information content (AvgIpc) is 2.44. The molecule has 0 unspecified atom stereocenters. The van der Waals surface area contributed by atoms with Crippen LogP contribution in [0, 0.1) is 11.7 Å². The summed E-state index contributed by atoms with van der Waals surface area (Å²) in [5.41, 5.74) is 0.729. The molecule has 0 aliphatic carbocycles. The fourth-order valence-electron chi connectivity index (χ4n) is 2.82. The minimum atomic E-state index is -0.521. The Kier molecular flexibility index (Phi) is 10.0. The summed E-state index contributed by atoms with van der Waals surface area (Å²) in [5, 5.41) is 13.4. The molecule has 1 fully saturated rings. The Hall–Kier alpha value is -0.550. The van der Waals surface area contributed by atoms with Gasteiger partial charge in [0.25, 0.3) is 0 Å². The first-order chi connectivity index (χ1) is 9.59. The van der Waals surface area contributed by atoms with E-state index in [1.807, 2.05) is 6.07 Å². The van der Waals surface area contributed by atoms with Gasteiger partial charge < -0.3 is 10.4 Å². The SMILES string of the molecule is CC(C)CC[C@@H](c1cccc(F)c1O)N1CCNCC1.Cl.Cl. The van der Waals surface area contributed by atoms with Crippen LogP contribution in [0.15, 0.2) is 18.2 Å². The summed E-state index contributed by atoms with van der Waals surface area (Å²) in [6, 6.07) is 4.96. The second-order valence-electron chi connectivity index (χ2n) is 5.95. The summed E-state index contributed by atoms with van der Waals surface area (Å²) >= 11 is 0. The van der Waals surface area contributed by atoms with Crippen LogP contribution in [-0.4, -0.2) is 36.2 Å². The molecule has 3 nitrogen and oxygen atoms in total. The van der Waals surface area contributed by atoms with Crippen molar-refractivity contribution in [3.63, 3.8) is 0 Å². The number of aromatic hydroxyl groups is 1. The molecule has 2 rings (SSSR count). The maximum absolute atomic E-state index is 13.6. The van der Waals surface area contributed by atoms with Crippen LogP contribution >= 0.6 is 24.8 Å². The molecule has 1 saturated heterocycles. The van der Waals surface area contributed by atoms with E-state index in [1.165, 1.54) is 6.07 Å². The molecule has 6 heteroatoms. The summed E-state index contributed by atoms with van der Waals surface area (Å²) in [6.45, 7) is 8.18. The summed E-state index contributed by atoms with van der Waals surface area (Å²) in [6.07, 6.45) is 2.03. The third kappa shape index (κ3) is 5.58. The Labute approximate surface area is 145 Å². The molecule has 22 heavy (non-hydrogen) atoms. The highest BCUT2D eigenvalue weighted by Gasteiger charge is 2.25. The number of nitrogens with zero attached hydrogens (tertiary/aromatic N) is 1. The van der Waals surface area contributed by atoms with E-state index in [4.69, 9.17) is 0 Å². The first-order valence-corrected chi connectivity index (χ1v) is 7.51. The minimum Gasteiger partial charge on any atom is -0.505 e. The first kappa shape index (κ1) is 21.4. The van der Waals surface area contributed by atoms with E-state index in [0.29, 0.717) is 5.92 Å². The molecule has 1 heterocycles. The monoisotopic (exact) mass is 352 g/mol. The number of para-hydroxylation sites is 1. The van der Waals surface area contributed by atoms with Crippen molar-refractivity contribution in [1.82, 2.24) is 10.2 Å². The predicted octanol–water partition coefficient (Wildman–Crippen LogP) is 3.76. The lowest BCUT2D eigenvalue weighted by atomic mass is 9.95. The van der Waals surface area contributed by atoms with E-state index >= 15 is 0 Å². The zero-order valence-corrected chi connectivity index (χ0v) is 14.9. The van der Waals surface area contributed by atoms with Crippen LogP contribution in [0.4, 0.5) is 4.39 Å². The first-order valence-electron chi connectivity index (χ1n) is 7.51. The highest BCUT2D eigenvalue weighted by Crippen LogP contribution is 2.34. The van der Waals surface area contributed by atoms with E-state index < -0.39 is 5.82 Å². The minimum absolute atomic E-state index is 0. The normalized spacial score (nSPS) is 16.7. The van der Waals surface area contributed by atoms with Crippen LogP contribution in [0.5, 0.6) is 5.75 Å². The number of halogens is 3. The van der Waals surface area contributed by atoms with Crippen LogP contribution in [0.2, 0.25) is 0 Å². The Morgan fingerprint density at radius 2 is 1.82 bits per heavy atom. The van der Waals surface area contributed by atoms with Crippen molar-refractivity contribution in [2.24, 2.45) is 5.92 Å². The highest BCUT2D eigenvalue weighted by atomic mass is 35.5. The van der Waals surface area contributed by atoms with Gasteiger partial charge >= 0.3 is 0 Å². The molecule has 0 bridgehead atoms. The molecule has 1 atom stereocenters. The van der Waals surface area contributed by atoms with Gasteiger partial charge in [-0.3, -0.25) is 4.90 Å². The van der Waals surface area contributed by atoms with Crippen molar-refractivity contribution >= 4 is 24.8 Å². The van der Waals surface area contributed by atoms with Gasteiger partial charge in [-0.1, -0.05) is 26.0 Å². The van der Waals surface area contributed by atoms with E-state index in [2.05, 4.69) is 24.1 Å². The Bertz CT molecular complexity index is 440. The van der Waals surface area contributed by atoms with Gasteiger partial charge in [0.1, 0.15) is 0 Å². The van der Waals surface area contributed by atoms with Gasteiger partial charge in [-0.15, -0.1) is 24.8 Å². The topological polar surface area (TPSA) is 35.5 Å². The number of phenols is 1. The van der Waals surface area contributed by atoms with Gasteiger partial charge in [0, 0.05) is 37.8 Å². The van der Waals surface area contributed by atoms with Gasteiger partial charge in [0.2, 0.25) is 0 Å². The van der Waals surface area contributed by atoms with E-state index in [9.17, 15) is 9.50 Å². The average molecular weight is 353 g/mol. The predicted molar refractivity (Wildman–Crippen MR) is 93.8 cm³/mol. The zero-order chi connectivity index (χ0) is 14.5. The fraction of sp³-hybridized carbons (Fsp3) is 0.625. The molecule has 1 aromatic rings. The largest absolute Gasteiger partial charge is 0.505 e. The van der Waals surface area contributed by atoms with Crippen LogP contribution < -0.4 is 5.32 Å². The van der Waals surface area contributed by atoms with Crippen molar-refractivity contribution in [2.45, 2.75) is 32.7 Å². The van der Waals surface area contributed by atoms with Crippen LogP contribution in [-0.2, 0) is 0 Å². The number of nitrogens with one attached hydrogen (secondary N) is 1. The summed E-state index contributed by atoms with van der Waals surface area (Å²) in [7, 11) is 0. The number of benzene rings is 1. The molecule has 0 amide bonds. The maximum atomic E-state index is 13.6. The lowest BCUT2D eigenvalue weighted by molar-refractivity contribution is 0.156. The molecule has 0 radical (unpaired) electrons. The second kappa shape index (κ2) is 10.3. The number of phenolic OH excluding ortho intramolecular Hbond substituents is 1. The van der Waals surface area contributed by atoms with Crippen LogP contribution in [0.1, 0.15) is 38.3 Å². The molecule has 128 valence electrons. The molecule has 0 aromatic heterocycles. The summed E-state index contributed by atoms with van der Waals surface area (Å²) < 4.78 is 13.6. The van der Waals surface area contributed by atoms with Gasteiger partial charge in [-0.2, -0.15) is 0 Å². The standard InChI is InChI=1S/C16H25FN2O.2ClH/c1-12(2)6-7-15(19-10-8-18-9-11-19)13-4-3-5-14(17)16(13)20;;/h3-5,12,15,18,20H,6-11H2,1-2H3;2*1H/t15-;;/m0../s1. The molecule has 1 aliphatic rings. The molecule has 1 aliphatic heterocycles. The number of hydrogen-bond donors (Lipinski definition) is 2. The van der Waals surface area contributed by atoms with Crippen molar-refractivity contribution in [3.05, 3.63) is 29.6 Å². The van der Waals surface area contributed by atoms with Gasteiger partial charge in [-0.25, -0.2) is 4.39 Å². The van der Waals surface area contributed by atoms with Crippen molar-refractivity contribution in [1.29, 1.82) is 0 Å². The van der Waals surface area contributed by atoms with Crippen LogP contribution in [0.3, 0.4) is 0 Å².